The van der Waals surface area contributed by atoms with Crippen LogP contribution >= 0.6 is 25.3 Å². The second-order valence-corrected chi connectivity index (χ2v) is 2.47. The van der Waals surface area contributed by atoms with E-state index < -0.39 is 0 Å². The van der Waals surface area contributed by atoms with Crippen molar-refractivity contribution in [2.45, 2.75) is 26.7 Å². The zero-order valence-electron chi connectivity index (χ0n) is 5.72. The van der Waals surface area contributed by atoms with Gasteiger partial charge >= 0.3 is 0 Å². The lowest BCUT2D eigenvalue weighted by Crippen LogP contribution is -1.65. The summed E-state index contributed by atoms with van der Waals surface area (Å²) in [5.41, 5.74) is 0. The Bertz CT molecular complexity index is 20.5. The SMILES string of the molecule is CCCCS.CCS. The molecule has 8 heavy (non-hydrogen) atoms. The maximum Gasteiger partial charge on any atom is -0.00980 e. The molecule has 0 aromatic rings. The van der Waals surface area contributed by atoms with E-state index >= 15 is 0 Å². The second kappa shape index (κ2) is 15.6. The van der Waals surface area contributed by atoms with Crippen molar-refractivity contribution in [3.8, 4) is 0 Å². The molecule has 0 spiro atoms. The van der Waals surface area contributed by atoms with Crippen LogP contribution in [0.2, 0.25) is 0 Å². The standard InChI is InChI=1S/C4H10S.C2H6S/c1-2-3-4-5;1-2-3/h5H,2-4H2,1H3;3H,2H2,1H3. The molecule has 0 saturated carbocycles. The van der Waals surface area contributed by atoms with E-state index in [-0.39, 0.29) is 0 Å². The Morgan fingerprint density at radius 2 is 1.50 bits per heavy atom. The van der Waals surface area contributed by atoms with Crippen molar-refractivity contribution in [1.29, 1.82) is 0 Å². The maximum absolute atomic E-state index is 4.00. The molecular formula is C6H16S2. The Balaban J connectivity index is 0. The van der Waals surface area contributed by atoms with Gasteiger partial charge in [0.15, 0.2) is 0 Å². The molecule has 0 radical (unpaired) electrons. The third kappa shape index (κ3) is 29.9. The Kier molecular flexibility index (Phi) is 22.5. The first-order valence-electron chi connectivity index (χ1n) is 3.05. The largest absolute Gasteiger partial charge is 0.180 e. The molecule has 0 atom stereocenters. The average molecular weight is 152 g/mol. The van der Waals surface area contributed by atoms with Crippen LogP contribution in [0.25, 0.3) is 0 Å². The van der Waals surface area contributed by atoms with Crippen molar-refractivity contribution in [2.24, 2.45) is 0 Å². The highest BCUT2D eigenvalue weighted by Crippen LogP contribution is 1.85. The topological polar surface area (TPSA) is 0 Å². The summed E-state index contributed by atoms with van der Waals surface area (Å²) >= 11 is 7.79. The molecule has 0 aliphatic rings. The monoisotopic (exact) mass is 152 g/mol. The summed E-state index contributed by atoms with van der Waals surface area (Å²) in [6.07, 6.45) is 2.52. The molecule has 0 heterocycles. The van der Waals surface area contributed by atoms with E-state index in [1.54, 1.807) is 0 Å². The van der Waals surface area contributed by atoms with Gasteiger partial charge in [-0.3, -0.25) is 0 Å². The molecule has 0 fully saturated rings. The minimum absolute atomic E-state index is 0.944. The zero-order valence-corrected chi connectivity index (χ0v) is 7.51. The van der Waals surface area contributed by atoms with E-state index in [1.807, 2.05) is 6.92 Å². The first-order valence-corrected chi connectivity index (χ1v) is 4.31. The molecule has 0 aromatic heterocycles. The second-order valence-electron chi connectivity index (χ2n) is 1.39. The summed E-state index contributed by atoms with van der Waals surface area (Å²) in [5, 5.41) is 0. The normalized spacial score (nSPS) is 7.50. The smallest absolute Gasteiger partial charge is 0.00980 e. The van der Waals surface area contributed by atoms with Crippen LogP contribution < -0.4 is 0 Å². The van der Waals surface area contributed by atoms with Crippen LogP contribution in [0.4, 0.5) is 0 Å². The van der Waals surface area contributed by atoms with Crippen LogP contribution in [0.5, 0.6) is 0 Å². The summed E-state index contributed by atoms with van der Waals surface area (Å²) in [7, 11) is 0. The molecule has 0 nitrogen and oxygen atoms in total. The number of hydrogen-bond acceptors (Lipinski definition) is 2. The molecule has 52 valence electrons. The molecule has 0 bridgehead atoms. The highest BCUT2D eigenvalue weighted by Gasteiger charge is 1.68. The molecule has 0 rings (SSSR count). The molecule has 0 amide bonds. The van der Waals surface area contributed by atoms with E-state index in [2.05, 4.69) is 32.2 Å². The van der Waals surface area contributed by atoms with Gasteiger partial charge in [-0.05, 0) is 17.9 Å². The lowest BCUT2D eigenvalue weighted by atomic mass is 10.4. The van der Waals surface area contributed by atoms with E-state index in [0.29, 0.717) is 0 Å². The van der Waals surface area contributed by atoms with Crippen molar-refractivity contribution in [1.82, 2.24) is 0 Å². The molecular weight excluding hydrogens is 136 g/mol. The maximum atomic E-state index is 4.00. The summed E-state index contributed by atoms with van der Waals surface area (Å²) in [6.45, 7) is 4.15. The first kappa shape index (κ1) is 11.5. The van der Waals surface area contributed by atoms with Crippen LogP contribution in [0.1, 0.15) is 26.7 Å². The molecule has 0 unspecified atom stereocenters. The van der Waals surface area contributed by atoms with Crippen molar-refractivity contribution >= 4 is 25.3 Å². The van der Waals surface area contributed by atoms with Crippen LogP contribution in [0, 0.1) is 0 Å². The number of hydrogen-bond donors (Lipinski definition) is 2. The Morgan fingerprint density at radius 3 is 1.50 bits per heavy atom. The lowest BCUT2D eigenvalue weighted by molar-refractivity contribution is 0.899. The fraction of sp³-hybridized carbons (Fsp3) is 1.00. The van der Waals surface area contributed by atoms with E-state index in [0.717, 1.165) is 11.5 Å². The van der Waals surface area contributed by atoms with Gasteiger partial charge in [0.2, 0.25) is 0 Å². The minimum atomic E-state index is 0.944. The average Bonchev–Trinajstić information content (AvgIpc) is 1.71. The van der Waals surface area contributed by atoms with Crippen LogP contribution in [0.3, 0.4) is 0 Å². The predicted octanol–water partition coefficient (Wildman–Crippen LogP) is 2.65. The van der Waals surface area contributed by atoms with Gasteiger partial charge in [-0.1, -0.05) is 20.3 Å². The van der Waals surface area contributed by atoms with E-state index in [9.17, 15) is 0 Å². The highest BCUT2D eigenvalue weighted by atomic mass is 32.1. The number of rotatable bonds is 2. The van der Waals surface area contributed by atoms with Gasteiger partial charge in [0.25, 0.3) is 0 Å². The number of thiol groups is 2. The highest BCUT2D eigenvalue weighted by molar-refractivity contribution is 7.80. The number of unbranched alkanes of at least 4 members (excludes halogenated alkanes) is 1. The minimum Gasteiger partial charge on any atom is -0.180 e. The summed E-state index contributed by atoms with van der Waals surface area (Å²) in [4.78, 5) is 0. The molecule has 0 aromatic carbocycles. The lowest BCUT2D eigenvalue weighted by Gasteiger charge is -1.78. The van der Waals surface area contributed by atoms with Gasteiger partial charge in [0, 0.05) is 0 Å². The van der Waals surface area contributed by atoms with Crippen molar-refractivity contribution in [3.63, 3.8) is 0 Å². The van der Waals surface area contributed by atoms with Gasteiger partial charge < -0.3 is 0 Å². The van der Waals surface area contributed by atoms with E-state index in [1.165, 1.54) is 12.8 Å². The Hall–Kier alpha value is 0.700. The molecule has 0 N–H and O–H groups in total. The fourth-order valence-electron chi connectivity index (χ4n) is 0.158. The van der Waals surface area contributed by atoms with Gasteiger partial charge in [-0.25, -0.2) is 0 Å². The van der Waals surface area contributed by atoms with Crippen molar-refractivity contribution in [2.75, 3.05) is 11.5 Å². The molecule has 2 heteroatoms. The quantitative estimate of drug-likeness (QED) is 0.558. The zero-order chi connectivity index (χ0) is 6.83. The van der Waals surface area contributed by atoms with Gasteiger partial charge in [-0.2, -0.15) is 25.3 Å². The third-order valence-corrected chi connectivity index (χ3v) is 0.828. The fourth-order valence-corrected chi connectivity index (χ4v) is 0.474. The van der Waals surface area contributed by atoms with Crippen LogP contribution in [0.15, 0.2) is 0 Å². The van der Waals surface area contributed by atoms with Crippen molar-refractivity contribution < 1.29 is 0 Å². The Morgan fingerprint density at radius 1 is 1.12 bits per heavy atom. The van der Waals surface area contributed by atoms with Crippen molar-refractivity contribution in [3.05, 3.63) is 0 Å². The Labute approximate surface area is 63.9 Å². The van der Waals surface area contributed by atoms with Crippen LogP contribution in [-0.2, 0) is 0 Å². The van der Waals surface area contributed by atoms with Gasteiger partial charge in [0.1, 0.15) is 0 Å². The molecule has 0 aliphatic heterocycles. The van der Waals surface area contributed by atoms with Gasteiger partial charge in [-0.15, -0.1) is 0 Å². The first-order chi connectivity index (χ1) is 3.83. The summed E-state index contributed by atoms with van der Waals surface area (Å²) < 4.78 is 0. The predicted molar refractivity (Wildman–Crippen MR) is 48.3 cm³/mol. The summed E-state index contributed by atoms with van der Waals surface area (Å²) in [5.74, 6) is 1.98. The summed E-state index contributed by atoms with van der Waals surface area (Å²) in [6, 6.07) is 0. The van der Waals surface area contributed by atoms with Gasteiger partial charge in [0.05, 0.1) is 0 Å². The molecule has 0 aliphatic carbocycles. The van der Waals surface area contributed by atoms with Crippen LogP contribution in [-0.4, -0.2) is 11.5 Å². The third-order valence-electron chi connectivity index (χ3n) is 0.512. The molecule has 0 saturated heterocycles. The van der Waals surface area contributed by atoms with E-state index in [4.69, 9.17) is 0 Å².